The molecule has 1 saturated heterocycles. The summed E-state index contributed by atoms with van der Waals surface area (Å²) in [5.41, 5.74) is 8.42. The first-order valence-corrected chi connectivity index (χ1v) is 10.9. The Morgan fingerprint density at radius 3 is 2.47 bits per heavy atom. The van der Waals surface area contributed by atoms with E-state index in [1.165, 1.54) is 24.8 Å². The number of piperidine rings is 1. The van der Waals surface area contributed by atoms with Crippen LogP contribution in [-0.4, -0.2) is 54.2 Å². The first kappa shape index (κ1) is 27.2. The molecule has 1 aromatic rings. The molecule has 2 atom stereocenters. The third kappa shape index (κ3) is 7.38. The third-order valence-corrected chi connectivity index (χ3v) is 6.22. The molecule has 0 radical (unpaired) electrons. The molecule has 0 aliphatic carbocycles. The van der Waals surface area contributed by atoms with Crippen LogP contribution in [0.5, 0.6) is 0 Å². The number of carbonyl (C=O) groups is 1. The van der Waals surface area contributed by atoms with Gasteiger partial charge in [0.15, 0.2) is 0 Å². The summed E-state index contributed by atoms with van der Waals surface area (Å²) in [6, 6.07) is 7.90. The van der Waals surface area contributed by atoms with Crippen molar-refractivity contribution in [2.75, 3.05) is 31.1 Å². The maximum absolute atomic E-state index is 13.1. The first-order chi connectivity index (χ1) is 13.4. The van der Waals surface area contributed by atoms with E-state index in [-0.39, 0.29) is 42.2 Å². The first-order valence-electron chi connectivity index (χ1n) is 10.9. The molecule has 30 heavy (non-hydrogen) atoms. The van der Waals surface area contributed by atoms with E-state index in [1.807, 2.05) is 23.1 Å². The van der Waals surface area contributed by atoms with Gasteiger partial charge in [-0.15, -0.1) is 24.8 Å². The number of likely N-dealkylation sites (tertiary alicyclic amines) is 1. The molecule has 2 aliphatic rings. The average molecular weight is 460 g/mol. The number of rotatable bonds is 7. The minimum absolute atomic E-state index is 0. The molecule has 0 bridgehead atoms. The number of hydrogen-bond acceptors (Lipinski definition) is 4. The quantitative estimate of drug-likeness (QED) is 0.650. The van der Waals surface area contributed by atoms with Crippen molar-refractivity contribution in [1.82, 2.24) is 4.90 Å². The number of halogens is 2. The predicted octanol–water partition coefficient (Wildman–Crippen LogP) is 3.79. The summed E-state index contributed by atoms with van der Waals surface area (Å²) in [5.74, 6) is 0.162. The number of anilines is 1. The molecule has 3 rings (SSSR count). The Morgan fingerprint density at radius 1 is 1.10 bits per heavy atom. The van der Waals surface area contributed by atoms with Gasteiger partial charge in [0.1, 0.15) is 0 Å². The standard InChI is InChI=1S/C23H37N3O2.2ClH/c1-23(2,15-19(24)21(27)17-25-12-6-3-7-13-25)16-22(28)26-14-8-10-18-9-4-5-11-20(18)26;;/h4-5,9,11,19,21,27H,3,6-8,10,12-17,24H2,1-2H3;2*1H/t19-,21-;;/m0../s1. The van der Waals surface area contributed by atoms with Gasteiger partial charge in [-0.05, 0) is 62.2 Å². The number of aliphatic hydroxyl groups is 1. The van der Waals surface area contributed by atoms with Crippen LogP contribution in [0.15, 0.2) is 24.3 Å². The van der Waals surface area contributed by atoms with Gasteiger partial charge in [0.25, 0.3) is 0 Å². The molecule has 172 valence electrons. The van der Waals surface area contributed by atoms with Crippen molar-refractivity contribution in [2.24, 2.45) is 11.1 Å². The summed E-state index contributed by atoms with van der Waals surface area (Å²) in [4.78, 5) is 17.3. The minimum Gasteiger partial charge on any atom is -0.390 e. The Morgan fingerprint density at radius 2 is 1.77 bits per heavy atom. The van der Waals surface area contributed by atoms with Gasteiger partial charge in [-0.25, -0.2) is 0 Å². The lowest BCUT2D eigenvalue weighted by molar-refractivity contribution is -0.120. The summed E-state index contributed by atoms with van der Waals surface area (Å²) >= 11 is 0. The second kappa shape index (κ2) is 12.3. The van der Waals surface area contributed by atoms with Crippen molar-refractivity contribution in [3.63, 3.8) is 0 Å². The van der Waals surface area contributed by atoms with E-state index in [0.29, 0.717) is 19.4 Å². The zero-order chi connectivity index (χ0) is 20.1. The zero-order valence-corrected chi connectivity index (χ0v) is 20.0. The molecule has 1 fully saturated rings. The molecular formula is C23H39Cl2N3O2. The van der Waals surface area contributed by atoms with Crippen molar-refractivity contribution in [3.05, 3.63) is 29.8 Å². The van der Waals surface area contributed by atoms with E-state index < -0.39 is 6.10 Å². The summed E-state index contributed by atoms with van der Waals surface area (Å²) in [5, 5.41) is 10.6. The Labute approximate surface area is 194 Å². The lowest BCUT2D eigenvalue weighted by atomic mass is 9.80. The number of aryl methyl sites for hydroxylation is 1. The van der Waals surface area contributed by atoms with Gasteiger partial charge in [0.2, 0.25) is 5.91 Å². The third-order valence-electron chi connectivity index (χ3n) is 6.22. The van der Waals surface area contributed by atoms with Crippen LogP contribution in [0.4, 0.5) is 5.69 Å². The summed E-state index contributed by atoms with van der Waals surface area (Å²) in [6.07, 6.45) is 6.30. The van der Waals surface area contributed by atoms with Crippen LogP contribution < -0.4 is 10.6 Å². The van der Waals surface area contributed by atoms with E-state index in [2.05, 4.69) is 24.8 Å². The van der Waals surface area contributed by atoms with Crippen molar-refractivity contribution < 1.29 is 9.90 Å². The number of para-hydroxylation sites is 1. The summed E-state index contributed by atoms with van der Waals surface area (Å²) < 4.78 is 0. The van der Waals surface area contributed by atoms with Gasteiger partial charge in [-0.2, -0.15) is 0 Å². The van der Waals surface area contributed by atoms with E-state index >= 15 is 0 Å². The van der Waals surface area contributed by atoms with Crippen molar-refractivity contribution >= 4 is 36.4 Å². The molecular weight excluding hydrogens is 421 g/mol. The molecule has 3 N–H and O–H groups in total. The van der Waals surface area contributed by atoms with E-state index in [1.54, 1.807) is 0 Å². The van der Waals surface area contributed by atoms with Gasteiger partial charge in [0, 0.05) is 31.2 Å². The number of fused-ring (bicyclic) bond motifs is 1. The number of amides is 1. The minimum atomic E-state index is -0.539. The lowest BCUT2D eigenvalue weighted by Crippen LogP contribution is -2.47. The number of β-amino-alcohol motifs (C(OH)–C–C–N with tert-alkyl or cyclic N) is 1. The van der Waals surface area contributed by atoms with E-state index in [0.717, 1.165) is 38.2 Å². The number of aliphatic hydroxyl groups excluding tert-OH is 1. The SMILES string of the molecule is CC(C)(CC(=O)N1CCCc2ccccc21)C[C@H](N)[C@@H](O)CN1CCCCC1.Cl.Cl. The second-order valence-electron chi connectivity index (χ2n) is 9.42. The largest absolute Gasteiger partial charge is 0.390 e. The van der Waals surface area contributed by atoms with Crippen LogP contribution >= 0.6 is 24.8 Å². The maximum Gasteiger partial charge on any atom is 0.227 e. The van der Waals surface area contributed by atoms with Crippen LogP contribution in [0.2, 0.25) is 0 Å². The second-order valence-corrected chi connectivity index (χ2v) is 9.42. The van der Waals surface area contributed by atoms with Gasteiger partial charge in [-0.1, -0.05) is 38.5 Å². The van der Waals surface area contributed by atoms with Crippen LogP contribution in [-0.2, 0) is 11.2 Å². The van der Waals surface area contributed by atoms with Crippen molar-refractivity contribution in [2.45, 2.75) is 70.9 Å². The Hall–Kier alpha value is -0.850. The molecule has 7 heteroatoms. The lowest BCUT2D eigenvalue weighted by Gasteiger charge is -2.35. The molecule has 0 spiro atoms. The number of nitrogens with zero attached hydrogens (tertiary/aromatic N) is 2. The van der Waals surface area contributed by atoms with E-state index in [4.69, 9.17) is 5.73 Å². The molecule has 2 heterocycles. The number of nitrogens with two attached hydrogens (primary N) is 1. The van der Waals surface area contributed by atoms with Gasteiger partial charge >= 0.3 is 0 Å². The summed E-state index contributed by atoms with van der Waals surface area (Å²) in [6.45, 7) is 7.72. The molecule has 2 aliphatic heterocycles. The number of hydrogen-bond donors (Lipinski definition) is 2. The highest BCUT2D eigenvalue weighted by Crippen LogP contribution is 2.32. The highest BCUT2D eigenvalue weighted by molar-refractivity contribution is 5.94. The Kier molecular flexibility index (Phi) is 11.1. The van der Waals surface area contributed by atoms with E-state index in [9.17, 15) is 9.90 Å². The molecule has 0 aromatic heterocycles. The number of carbonyl (C=O) groups excluding carboxylic acids is 1. The monoisotopic (exact) mass is 459 g/mol. The van der Waals surface area contributed by atoms with Gasteiger partial charge in [0.05, 0.1) is 6.10 Å². The number of benzene rings is 1. The van der Waals surface area contributed by atoms with Crippen molar-refractivity contribution in [3.8, 4) is 0 Å². The maximum atomic E-state index is 13.1. The normalized spacial score (nSPS) is 19.1. The van der Waals surface area contributed by atoms with Gasteiger partial charge in [-0.3, -0.25) is 4.79 Å². The van der Waals surface area contributed by atoms with Gasteiger partial charge < -0.3 is 20.6 Å². The van der Waals surface area contributed by atoms with Crippen LogP contribution in [0.3, 0.4) is 0 Å². The predicted molar refractivity (Wildman–Crippen MR) is 129 cm³/mol. The Balaban J connectivity index is 0.00000225. The molecule has 0 saturated carbocycles. The van der Waals surface area contributed by atoms with Crippen LogP contribution in [0.1, 0.15) is 57.9 Å². The molecule has 0 unspecified atom stereocenters. The molecule has 1 aromatic carbocycles. The topological polar surface area (TPSA) is 69.8 Å². The fraction of sp³-hybridized carbons (Fsp3) is 0.696. The molecule has 5 nitrogen and oxygen atoms in total. The average Bonchev–Trinajstić information content (AvgIpc) is 2.67. The fourth-order valence-electron chi connectivity index (χ4n) is 4.69. The highest BCUT2D eigenvalue weighted by atomic mass is 35.5. The molecule has 1 amide bonds. The van der Waals surface area contributed by atoms with Crippen LogP contribution in [0, 0.1) is 5.41 Å². The summed E-state index contributed by atoms with van der Waals surface area (Å²) in [7, 11) is 0. The van der Waals surface area contributed by atoms with Crippen LogP contribution in [0.25, 0.3) is 0 Å². The van der Waals surface area contributed by atoms with Crippen molar-refractivity contribution in [1.29, 1.82) is 0 Å². The fourth-order valence-corrected chi connectivity index (χ4v) is 4.69. The highest BCUT2D eigenvalue weighted by Gasteiger charge is 2.32. The smallest absolute Gasteiger partial charge is 0.227 e. The zero-order valence-electron chi connectivity index (χ0n) is 18.4. The Bertz CT molecular complexity index is 666.